The summed E-state index contributed by atoms with van der Waals surface area (Å²) >= 11 is 5.90. The van der Waals surface area contributed by atoms with E-state index in [1.165, 1.54) is 24.4 Å². The van der Waals surface area contributed by atoms with E-state index < -0.39 is 11.9 Å². The first-order chi connectivity index (χ1) is 14.5. The van der Waals surface area contributed by atoms with E-state index >= 15 is 0 Å². The summed E-state index contributed by atoms with van der Waals surface area (Å²) in [4.78, 5) is 31.3. The van der Waals surface area contributed by atoms with Crippen molar-refractivity contribution in [1.82, 2.24) is 20.2 Å². The zero-order chi connectivity index (χ0) is 21.1. The highest BCUT2D eigenvalue weighted by molar-refractivity contribution is 6.31. The molecule has 0 radical (unpaired) electrons. The van der Waals surface area contributed by atoms with Crippen molar-refractivity contribution in [1.29, 1.82) is 0 Å². The average Bonchev–Trinajstić information content (AvgIpc) is 2.74. The van der Waals surface area contributed by atoms with Gasteiger partial charge in [-0.15, -0.1) is 10.2 Å². The van der Waals surface area contributed by atoms with Gasteiger partial charge in [0.05, 0.1) is 5.52 Å². The molecule has 0 aliphatic heterocycles. The van der Waals surface area contributed by atoms with Crippen molar-refractivity contribution in [2.75, 3.05) is 5.32 Å². The van der Waals surface area contributed by atoms with Gasteiger partial charge >= 0.3 is 5.97 Å². The van der Waals surface area contributed by atoms with E-state index in [1.54, 1.807) is 36.4 Å². The van der Waals surface area contributed by atoms with Crippen LogP contribution in [0.1, 0.15) is 20.8 Å². The standard InChI is InChI=1S/C20H12ClN5O4/c21-12-3-1-2-11(8-12)18(27)24-20-23-15-5-4-13(9-16(15)25-26-20)30-14-6-7-22-17(10-14)19(28)29/h1-10H,(H,28,29)(H,23,24,26,27). The van der Waals surface area contributed by atoms with Crippen molar-refractivity contribution >= 4 is 40.5 Å². The van der Waals surface area contributed by atoms with Crippen molar-refractivity contribution in [3.05, 3.63) is 77.1 Å². The lowest BCUT2D eigenvalue weighted by Gasteiger charge is -2.07. The zero-order valence-corrected chi connectivity index (χ0v) is 15.9. The summed E-state index contributed by atoms with van der Waals surface area (Å²) in [6, 6.07) is 14.2. The second kappa shape index (κ2) is 8.10. The van der Waals surface area contributed by atoms with Crippen molar-refractivity contribution in [2.45, 2.75) is 0 Å². The number of hydrogen-bond donors (Lipinski definition) is 2. The van der Waals surface area contributed by atoms with Gasteiger partial charge in [0, 0.05) is 28.9 Å². The number of nitrogens with zero attached hydrogens (tertiary/aromatic N) is 4. The first-order valence-corrected chi connectivity index (χ1v) is 8.94. The van der Waals surface area contributed by atoms with E-state index in [4.69, 9.17) is 21.4 Å². The van der Waals surface area contributed by atoms with E-state index in [0.29, 0.717) is 33.1 Å². The quantitative estimate of drug-likeness (QED) is 0.497. The minimum Gasteiger partial charge on any atom is -0.477 e. The number of hydrogen-bond acceptors (Lipinski definition) is 7. The number of fused-ring (bicyclic) bond motifs is 1. The van der Waals surface area contributed by atoms with Gasteiger partial charge in [-0.05, 0) is 36.4 Å². The second-order valence-electron chi connectivity index (χ2n) is 6.03. The van der Waals surface area contributed by atoms with Gasteiger partial charge in [-0.25, -0.2) is 14.8 Å². The van der Waals surface area contributed by atoms with Gasteiger partial charge in [0.15, 0.2) is 5.69 Å². The molecule has 0 bridgehead atoms. The Hall–Kier alpha value is -4.11. The maximum absolute atomic E-state index is 12.3. The summed E-state index contributed by atoms with van der Waals surface area (Å²) in [5.41, 5.74) is 1.16. The van der Waals surface area contributed by atoms with E-state index in [0.717, 1.165) is 0 Å². The summed E-state index contributed by atoms with van der Waals surface area (Å²) < 4.78 is 5.66. The van der Waals surface area contributed by atoms with Crippen LogP contribution in [0.4, 0.5) is 5.95 Å². The number of carbonyl (C=O) groups excluding carboxylic acids is 1. The molecule has 2 aromatic heterocycles. The topological polar surface area (TPSA) is 127 Å². The Morgan fingerprint density at radius 1 is 0.967 bits per heavy atom. The summed E-state index contributed by atoms with van der Waals surface area (Å²) in [6.07, 6.45) is 1.34. The molecule has 0 saturated carbocycles. The van der Waals surface area contributed by atoms with Crippen LogP contribution in [-0.2, 0) is 0 Å². The molecule has 0 fully saturated rings. The summed E-state index contributed by atoms with van der Waals surface area (Å²) in [5.74, 6) is -0.793. The fourth-order valence-corrected chi connectivity index (χ4v) is 2.75. The third-order valence-corrected chi connectivity index (χ3v) is 4.16. The van der Waals surface area contributed by atoms with Crippen LogP contribution in [0.2, 0.25) is 5.02 Å². The molecule has 30 heavy (non-hydrogen) atoms. The number of ether oxygens (including phenoxy) is 1. The maximum atomic E-state index is 12.3. The van der Waals surface area contributed by atoms with Gasteiger partial charge in [-0.3, -0.25) is 10.1 Å². The predicted octanol–water partition coefficient (Wildman–Crippen LogP) is 3.82. The lowest BCUT2D eigenvalue weighted by Crippen LogP contribution is -2.14. The third kappa shape index (κ3) is 4.31. The fourth-order valence-electron chi connectivity index (χ4n) is 2.56. The molecule has 0 atom stereocenters. The highest BCUT2D eigenvalue weighted by Crippen LogP contribution is 2.24. The van der Waals surface area contributed by atoms with Gasteiger partial charge in [0.2, 0.25) is 5.95 Å². The van der Waals surface area contributed by atoms with E-state index in [-0.39, 0.29) is 11.6 Å². The number of pyridine rings is 1. The number of carboxylic acids is 1. The molecule has 2 aromatic carbocycles. The molecule has 0 saturated heterocycles. The maximum Gasteiger partial charge on any atom is 0.354 e. The van der Waals surface area contributed by atoms with Crippen LogP contribution in [0.15, 0.2) is 60.8 Å². The van der Waals surface area contributed by atoms with Crippen molar-refractivity contribution < 1.29 is 19.4 Å². The molecule has 9 nitrogen and oxygen atoms in total. The average molecular weight is 422 g/mol. The van der Waals surface area contributed by atoms with Crippen LogP contribution < -0.4 is 10.1 Å². The van der Waals surface area contributed by atoms with Crippen LogP contribution in [0, 0.1) is 0 Å². The van der Waals surface area contributed by atoms with Gasteiger partial charge < -0.3 is 9.84 Å². The van der Waals surface area contributed by atoms with Gasteiger partial charge in [-0.2, -0.15) is 0 Å². The monoisotopic (exact) mass is 421 g/mol. The number of amides is 1. The molecule has 4 aromatic rings. The molecular formula is C20H12ClN5O4. The molecule has 0 unspecified atom stereocenters. The Morgan fingerprint density at radius 2 is 1.80 bits per heavy atom. The van der Waals surface area contributed by atoms with Crippen molar-refractivity contribution in [3.63, 3.8) is 0 Å². The Bertz CT molecular complexity index is 1280. The van der Waals surface area contributed by atoms with Crippen LogP contribution >= 0.6 is 11.6 Å². The summed E-state index contributed by atoms with van der Waals surface area (Å²) in [5, 5.41) is 20.0. The lowest BCUT2D eigenvalue weighted by molar-refractivity contribution is 0.0690. The number of benzene rings is 2. The molecule has 0 spiro atoms. The fraction of sp³-hybridized carbons (Fsp3) is 0. The first kappa shape index (κ1) is 19.2. The van der Waals surface area contributed by atoms with Crippen LogP contribution in [0.5, 0.6) is 11.5 Å². The molecule has 4 rings (SSSR count). The Morgan fingerprint density at radius 3 is 2.60 bits per heavy atom. The van der Waals surface area contributed by atoms with Crippen LogP contribution in [0.3, 0.4) is 0 Å². The second-order valence-corrected chi connectivity index (χ2v) is 6.47. The van der Waals surface area contributed by atoms with Crippen molar-refractivity contribution in [3.8, 4) is 11.5 Å². The van der Waals surface area contributed by atoms with E-state index in [9.17, 15) is 9.59 Å². The number of aromatic nitrogens is 4. The normalized spacial score (nSPS) is 10.6. The molecule has 10 heteroatoms. The number of rotatable bonds is 5. The zero-order valence-electron chi connectivity index (χ0n) is 15.1. The van der Waals surface area contributed by atoms with E-state index in [2.05, 4.69) is 25.5 Å². The minimum absolute atomic E-state index is 0.0429. The SMILES string of the molecule is O=C(Nc1nnc2cc(Oc3ccnc(C(=O)O)c3)ccc2n1)c1cccc(Cl)c1. The molecular weight excluding hydrogens is 410 g/mol. The smallest absolute Gasteiger partial charge is 0.354 e. The largest absolute Gasteiger partial charge is 0.477 e. The number of nitrogens with one attached hydrogen (secondary N) is 1. The molecule has 2 heterocycles. The van der Waals surface area contributed by atoms with E-state index in [1.807, 2.05) is 0 Å². The Balaban J connectivity index is 1.53. The number of carboxylic acid groups (broad SMARTS) is 1. The Labute approximate surface area is 174 Å². The highest BCUT2D eigenvalue weighted by Gasteiger charge is 2.11. The highest BCUT2D eigenvalue weighted by atomic mass is 35.5. The molecule has 0 aliphatic rings. The molecule has 2 N–H and O–H groups in total. The number of carbonyl (C=O) groups is 2. The van der Waals surface area contributed by atoms with Crippen LogP contribution in [0.25, 0.3) is 11.0 Å². The number of anilines is 1. The van der Waals surface area contributed by atoms with Crippen molar-refractivity contribution in [2.24, 2.45) is 0 Å². The Kier molecular flexibility index (Phi) is 5.19. The van der Waals surface area contributed by atoms with Crippen LogP contribution in [-0.4, -0.2) is 37.1 Å². The minimum atomic E-state index is -1.15. The first-order valence-electron chi connectivity index (χ1n) is 8.56. The lowest BCUT2D eigenvalue weighted by atomic mass is 10.2. The summed E-state index contributed by atoms with van der Waals surface area (Å²) in [6.45, 7) is 0. The predicted molar refractivity (Wildman–Crippen MR) is 108 cm³/mol. The van der Waals surface area contributed by atoms with Gasteiger partial charge in [-0.1, -0.05) is 17.7 Å². The molecule has 1 amide bonds. The third-order valence-electron chi connectivity index (χ3n) is 3.92. The van der Waals surface area contributed by atoms with Gasteiger partial charge in [0.25, 0.3) is 5.91 Å². The summed E-state index contributed by atoms with van der Waals surface area (Å²) in [7, 11) is 0. The number of aromatic carboxylic acids is 1. The molecule has 148 valence electrons. The van der Waals surface area contributed by atoms with Gasteiger partial charge in [0.1, 0.15) is 17.0 Å². The number of halogens is 1. The molecule has 0 aliphatic carbocycles.